The molecule has 0 aliphatic heterocycles. The van der Waals surface area contributed by atoms with E-state index in [-0.39, 0.29) is 11.2 Å². The van der Waals surface area contributed by atoms with Gasteiger partial charge in [0, 0.05) is 6.42 Å². The molecule has 1 saturated carbocycles. The van der Waals surface area contributed by atoms with Gasteiger partial charge in [-0.2, -0.15) is 0 Å². The van der Waals surface area contributed by atoms with Gasteiger partial charge in [-0.1, -0.05) is 6.92 Å². The van der Waals surface area contributed by atoms with Crippen LogP contribution < -0.4 is 0 Å². The lowest BCUT2D eigenvalue weighted by Crippen LogP contribution is -2.10. The molecule has 46 valence electrons. The van der Waals surface area contributed by atoms with E-state index in [0.717, 1.165) is 6.42 Å². The molecule has 8 heavy (non-hydrogen) atoms. The summed E-state index contributed by atoms with van der Waals surface area (Å²) in [6, 6.07) is 0. The highest BCUT2D eigenvalue weighted by Gasteiger charge is 2.28. The highest BCUT2D eigenvalue weighted by atomic mass is 35.5. The minimum Gasteiger partial charge on any atom is -0.298 e. The first kappa shape index (κ1) is 6.09. The zero-order chi connectivity index (χ0) is 6.15. The minimum absolute atomic E-state index is 0.185. The van der Waals surface area contributed by atoms with Crippen molar-refractivity contribution in [3.05, 3.63) is 0 Å². The van der Waals surface area contributed by atoms with Crippen molar-refractivity contribution in [3.63, 3.8) is 0 Å². The van der Waals surface area contributed by atoms with Crippen molar-refractivity contribution in [1.82, 2.24) is 0 Å². The monoisotopic (exact) mass is 132 g/mol. The SMILES string of the molecule is CC1CCC(=O)[C@H]1Cl. The van der Waals surface area contributed by atoms with E-state index in [0.29, 0.717) is 12.3 Å². The van der Waals surface area contributed by atoms with Gasteiger partial charge in [0.25, 0.3) is 0 Å². The van der Waals surface area contributed by atoms with E-state index in [1.54, 1.807) is 0 Å². The van der Waals surface area contributed by atoms with Crippen LogP contribution in [0.25, 0.3) is 0 Å². The van der Waals surface area contributed by atoms with E-state index in [1.165, 1.54) is 0 Å². The maximum Gasteiger partial charge on any atom is 0.150 e. The summed E-state index contributed by atoms with van der Waals surface area (Å²) in [6.45, 7) is 2.02. The predicted molar refractivity (Wildman–Crippen MR) is 33.0 cm³/mol. The zero-order valence-electron chi connectivity index (χ0n) is 4.86. The van der Waals surface area contributed by atoms with Gasteiger partial charge in [-0.3, -0.25) is 4.79 Å². The Bertz CT molecular complexity index is 111. The summed E-state index contributed by atoms with van der Waals surface area (Å²) in [5.41, 5.74) is 0. The predicted octanol–water partition coefficient (Wildman–Crippen LogP) is 1.59. The molecule has 1 aliphatic carbocycles. The van der Waals surface area contributed by atoms with Crippen LogP contribution in [0.3, 0.4) is 0 Å². The number of rotatable bonds is 0. The number of hydrogen-bond donors (Lipinski definition) is 0. The van der Waals surface area contributed by atoms with Crippen LogP contribution in [0, 0.1) is 5.92 Å². The second-order valence-electron chi connectivity index (χ2n) is 2.38. The van der Waals surface area contributed by atoms with Crippen molar-refractivity contribution in [3.8, 4) is 0 Å². The van der Waals surface area contributed by atoms with E-state index < -0.39 is 0 Å². The normalized spacial score (nSPS) is 38.5. The van der Waals surface area contributed by atoms with Crippen molar-refractivity contribution in [2.75, 3.05) is 0 Å². The third kappa shape index (κ3) is 0.873. The fourth-order valence-electron chi connectivity index (χ4n) is 0.971. The Morgan fingerprint density at radius 1 is 1.75 bits per heavy atom. The molecule has 0 heterocycles. The molecule has 1 aliphatic rings. The Labute approximate surface area is 54.0 Å². The van der Waals surface area contributed by atoms with Crippen LogP contribution in [0.5, 0.6) is 0 Å². The summed E-state index contributed by atoms with van der Waals surface area (Å²) in [5.74, 6) is 0.628. The first-order chi connectivity index (χ1) is 3.72. The van der Waals surface area contributed by atoms with Crippen molar-refractivity contribution >= 4 is 17.4 Å². The van der Waals surface area contributed by atoms with Crippen LogP contribution >= 0.6 is 11.6 Å². The molecule has 0 N–H and O–H groups in total. The summed E-state index contributed by atoms with van der Waals surface area (Å²) < 4.78 is 0. The lowest BCUT2D eigenvalue weighted by molar-refractivity contribution is -0.117. The second kappa shape index (κ2) is 2.06. The number of carbonyl (C=O) groups is 1. The van der Waals surface area contributed by atoms with E-state index >= 15 is 0 Å². The topological polar surface area (TPSA) is 17.1 Å². The van der Waals surface area contributed by atoms with Gasteiger partial charge in [0.2, 0.25) is 0 Å². The van der Waals surface area contributed by atoms with Crippen LogP contribution in [-0.2, 0) is 4.79 Å². The van der Waals surface area contributed by atoms with Gasteiger partial charge < -0.3 is 0 Å². The highest BCUT2D eigenvalue weighted by Crippen LogP contribution is 2.25. The first-order valence-electron chi connectivity index (χ1n) is 2.88. The first-order valence-corrected chi connectivity index (χ1v) is 3.32. The Kier molecular flexibility index (Phi) is 1.57. The van der Waals surface area contributed by atoms with Crippen LogP contribution in [0.1, 0.15) is 19.8 Å². The average Bonchev–Trinajstić information content (AvgIpc) is 1.98. The van der Waals surface area contributed by atoms with Crippen molar-refractivity contribution < 1.29 is 4.79 Å². The van der Waals surface area contributed by atoms with E-state index in [1.807, 2.05) is 6.92 Å². The van der Waals surface area contributed by atoms with Gasteiger partial charge in [0.15, 0.2) is 5.78 Å². The fraction of sp³-hybridized carbons (Fsp3) is 0.833. The Morgan fingerprint density at radius 3 is 2.50 bits per heavy atom. The number of alkyl halides is 1. The molecule has 1 nitrogen and oxygen atoms in total. The molecule has 1 rings (SSSR count). The number of Topliss-reactive ketones (excluding diaryl/α,β-unsaturated/α-hetero) is 1. The lowest BCUT2D eigenvalue weighted by Gasteiger charge is -2.01. The molecule has 2 heteroatoms. The molecule has 0 aromatic rings. The fourth-order valence-corrected chi connectivity index (χ4v) is 1.21. The molecule has 2 atom stereocenters. The van der Waals surface area contributed by atoms with Crippen molar-refractivity contribution in [2.24, 2.45) is 5.92 Å². The summed E-state index contributed by atoms with van der Waals surface area (Å²) >= 11 is 5.66. The number of halogens is 1. The van der Waals surface area contributed by atoms with Crippen LogP contribution in [-0.4, -0.2) is 11.2 Å². The third-order valence-electron chi connectivity index (χ3n) is 1.65. The van der Waals surface area contributed by atoms with E-state index in [4.69, 9.17) is 11.6 Å². The molecule has 0 aromatic heterocycles. The summed E-state index contributed by atoms with van der Waals surface area (Å²) in [7, 11) is 0. The van der Waals surface area contributed by atoms with Gasteiger partial charge in [0.05, 0.1) is 5.38 Å². The Morgan fingerprint density at radius 2 is 2.38 bits per heavy atom. The summed E-state index contributed by atoms with van der Waals surface area (Å²) in [6.07, 6.45) is 1.67. The molecule has 0 saturated heterocycles. The quantitative estimate of drug-likeness (QED) is 0.458. The number of carbonyl (C=O) groups excluding carboxylic acids is 1. The maximum atomic E-state index is 10.7. The van der Waals surface area contributed by atoms with Gasteiger partial charge >= 0.3 is 0 Å². The molecule has 1 unspecified atom stereocenters. The minimum atomic E-state index is -0.185. The third-order valence-corrected chi connectivity index (χ3v) is 2.33. The molecule has 0 bridgehead atoms. The lowest BCUT2D eigenvalue weighted by atomic mass is 10.1. The van der Waals surface area contributed by atoms with Crippen LogP contribution in [0.2, 0.25) is 0 Å². The van der Waals surface area contributed by atoms with Crippen molar-refractivity contribution in [1.29, 1.82) is 0 Å². The molecule has 0 spiro atoms. The van der Waals surface area contributed by atoms with Gasteiger partial charge in [-0.05, 0) is 12.3 Å². The maximum absolute atomic E-state index is 10.7. The summed E-state index contributed by atoms with van der Waals surface area (Å²) in [4.78, 5) is 10.7. The average molecular weight is 133 g/mol. The second-order valence-corrected chi connectivity index (χ2v) is 2.85. The number of hydrogen-bond acceptors (Lipinski definition) is 1. The van der Waals surface area contributed by atoms with Gasteiger partial charge in [-0.15, -0.1) is 11.6 Å². The van der Waals surface area contributed by atoms with Crippen LogP contribution in [0.15, 0.2) is 0 Å². The molecule has 1 fully saturated rings. The molecule has 0 aromatic carbocycles. The smallest absolute Gasteiger partial charge is 0.150 e. The molecular weight excluding hydrogens is 124 g/mol. The largest absolute Gasteiger partial charge is 0.298 e. The van der Waals surface area contributed by atoms with Crippen molar-refractivity contribution in [2.45, 2.75) is 25.1 Å². The Balaban J connectivity index is 2.56. The number of ketones is 1. The Hall–Kier alpha value is -0.0400. The molecular formula is C6H9ClO. The van der Waals surface area contributed by atoms with Gasteiger partial charge in [-0.25, -0.2) is 0 Å². The van der Waals surface area contributed by atoms with Gasteiger partial charge in [0.1, 0.15) is 0 Å². The highest BCUT2D eigenvalue weighted by molar-refractivity contribution is 6.31. The van der Waals surface area contributed by atoms with E-state index in [2.05, 4.69) is 0 Å². The summed E-state index contributed by atoms with van der Waals surface area (Å²) in [5, 5.41) is -0.185. The van der Waals surface area contributed by atoms with E-state index in [9.17, 15) is 4.79 Å². The standard InChI is InChI=1S/C6H9ClO/c1-4-2-3-5(8)6(4)7/h4,6H,2-3H2,1H3/t4?,6-/m0/s1. The molecule has 0 amide bonds. The zero-order valence-corrected chi connectivity index (χ0v) is 5.61. The van der Waals surface area contributed by atoms with Crippen LogP contribution in [0.4, 0.5) is 0 Å². The molecule has 0 radical (unpaired) electrons.